The highest BCUT2D eigenvalue weighted by atomic mass is 127. The molecule has 0 aliphatic carbocycles. The lowest BCUT2D eigenvalue weighted by Crippen LogP contribution is -2.38. The first-order chi connectivity index (χ1) is 14.3. The summed E-state index contributed by atoms with van der Waals surface area (Å²) in [4.78, 5) is 6.80. The lowest BCUT2D eigenvalue weighted by atomic mass is 10.1. The van der Waals surface area contributed by atoms with Crippen molar-refractivity contribution in [2.24, 2.45) is 4.99 Å². The van der Waals surface area contributed by atoms with E-state index >= 15 is 0 Å². The van der Waals surface area contributed by atoms with E-state index in [4.69, 9.17) is 14.2 Å². The van der Waals surface area contributed by atoms with Crippen molar-refractivity contribution in [3.63, 3.8) is 0 Å². The molecule has 3 rings (SSSR count). The number of nitrogens with one attached hydrogen (secondary N) is 2. The first-order valence-electron chi connectivity index (χ1n) is 10.9. The van der Waals surface area contributed by atoms with Crippen LogP contribution in [0.3, 0.4) is 0 Å². The van der Waals surface area contributed by atoms with Crippen molar-refractivity contribution < 1.29 is 14.2 Å². The summed E-state index contributed by atoms with van der Waals surface area (Å²) in [5.74, 6) is 0.831. The van der Waals surface area contributed by atoms with E-state index in [-0.39, 0.29) is 24.0 Å². The van der Waals surface area contributed by atoms with Crippen LogP contribution in [0, 0.1) is 0 Å². The number of benzene rings is 1. The molecule has 8 heteroatoms. The number of nitrogens with zero attached hydrogens (tertiary/aromatic N) is 2. The number of morpholine rings is 1. The number of hydrogen-bond donors (Lipinski definition) is 2. The third-order valence-electron chi connectivity index (χ3n) is 5.42. The highest BCUT2D eigenvalue weighted by molar-refractivity contribution is 14.0. The summed E-state index contributed by atoms with van der Waals surface area (Å²) >= 11 is 0. The molecule has 0 unspecified atom stereocenters. The monoisotopic (exact) mass is 532 g/mol. The van der Waals surface area contributed by atoms with Crippen molar-refractivity contribution in [3.05, 3.63) is 35.4 Å². The Labute approximate surface area is 197 Å². The third kappa shape index (κ3) is 9.05. The van der Waals surface area contributed by atoms with Crippen molar-refractivity contribution in [3.8, 4) is 0 Å². The minimum absolute atomic E-state index is 0. The lowest BCUT2D eigenvalue weighted by molar-refractivity contribution is -0.0320. The van der Waals surface area contributed by atoms with Crippen LogP contribution in [0.1, 0.15) is 30.4 Å². The van der Waals surface area contributed by atoms with Crippen molar-refractivity contribution in [1.29, 1.82) is 0 Å². The number of rotatable bonds is 9. The molecule has 1 aromatic rings. The van der Waals surface area contributed by atoms with E-state index in [1.165, 1.54) is 11.1 Å². The highest BCUT2D eigenvalue weighted by Crippen LogP contribution is 2.13. The maximum atomic E-state index is 5.92. The van der Waals surface area contributed by atoms with E-state index in [1.54, 1.807) is 0 Å². The first kappa shape index (κ1) is 25.3. The van der Waals surface area contributed by atoms with Crippen molar-refractivity contribution in [2.75, 3.05) is 59.7 Å². The Kier molecular flexibility index (Phi) is 12.6. The number of hydrogen-bond acceptors (Lipinski definition) is 5. The van der Waals surface area contributed by atoms with E-state index in [0.717, 1.165) is 91.0 Å². The van der Waals surface area contributed by atoms with Crippen LogP contribution in [-0.4, -0.2) is 76.7 Å². The van der Waals surface area contributed by atoms with Gasteiger partial charge in [-0.1, -0.05) is 24.3 Å². The van der Waals surface area contributed by atoms with Crippen molar-refractivity contribution in [1.82, 2.24) is 15.5 Å². The molecule has 0 aromatic heterocycles. The Morgan fingerprint density at radius 3 is 2.50 bits per heavy atom. The molecule has 0 radical (unpaired) electrons. The molecule has 1 aromatic carbocycles. The summed E-state index contributed by atoms with van der Waals surface area (Å²) in [6.07, 6.45) is 3.36. The van der Waals surface area contributed by atoms with E-state index in [9.17, 15) is 0 Å². The topological polar surface area (TPSA) is 67.4 Å². The smallest absolute Gasteiger partial charge is 0.191 e. The Balaban J connectivity index is 0.00000320. The maximum absolute atomic E-state index is 5.92. The Hall–Kier alpha value is -0.940. The second-order valence-electron chi connectivity index (χ2n) is 7.55. The van der Waals surface area contributed by atoms with Gasteiger partial charge in [-0.05, 0) is 30.4 Å². The maximum Gasteiger partial charge on any atom is 0.191 e. The fourth-order valence-corrected chi connectivity index (χ4v) is 3.66. The Morgan fingerprint density at radius 1 is 1.07 bits per heavy atom. The summed E-state index contributed by atoms with van der Waals surface area (Å²) in [5.41, 5.74) is 2.67. The van der Waals surface area contributed by atoms with Gasteiger partial charge in [0.2, 0.25) is 0 Å². The van der Waals surface area contributed by atoms with Crippen LogP contribution in [0.2, 0.25) is 0 Å². The SMILES string of the molecule is CN=C(NCCCOC1CCOCC1)NCc1ccccc1CN1CCOCC1.I. The normalized spacial score (nSPS) is 18.6. The number of halogens is 1. The molecule has 0 amide bonds. The van der Waals surface area contributed by atoms with Gasteiger partial charge in [0.15, 0.2) is 5.96 Å². The quantitative estimate of drug-likeness (QED) is 0.221. The van der Waals surface area contributed by atoms with Gasteiger partial charge in [-0.25, -0.2) is 0 Å². The van der Waals surface area contributed by atoms with Crippen molar-refractivity contribution >= 4 is 29.9 Å². The molecular formula is C22H37IN4O3. The van der Waals surface area contributed by atoms with Gasteiger partial charge in [0.05, 0.1) is 19.3 Å². The van der Waals surface area contributed by atoms with Gasteiger partial charge in [-0.3, -0.25) is 9.89 Å². The largest absolute Gasteiger partial charge is 0.381 e. The van der Waals surface area contributed by atoms with Crippen molar-refractivity contribution in [2.45, 2.75) is 38.5 Å². The molecule has 2 saturated heterocycles. The fraction of sp³-hybridized carbons (Fsp3) is 0.682. The van der Waals surface area contributed by atoms with E-state index in [2.05, 4.69) is 44.8 Å². The summed E-state index contributed by atoms with van der Waals surface area (Å²) in [5, 5.41) is 6.83. The molecule has 2 aliphatic rings. The Morgan fingerprint density at radius 2 is 1.77 bits per heavy atom. The first-order valence-corrected chi connectivity index (χ1v) is 10.9. The molecule has 2 fully saturated rings. The molecule has 2 heterocycles. The predicted octanol–water partition coefficient (Wildman–Crippen LogP) is 2.39. The van der Waals surface area contributed by atoms with Crippen LogP contribution in [0.15, 0.2) is 29.3 Å². The summed E-state index contributed by atoms with van der Waals surface area (Å²) < 4.78 is 16.7. The highest BCUT2D eigenvalue weighted by Gasteiger charge is 2.14. The lowest BCUT2D eigenvalue weighted by Gasteiger charge is -2.27. The molecule has 170 valence electrons. The van der Waals surface area contributed by atoms with E-state index in [1.807, 2.05) is 7.05 Å². The number of guanidine groups is 1. The average Bonchev–Trinajstić information content (AvgIpc) is 2.78. The summed E-state index contributed by atoms with van der Waals surface area (Å²) in [6.45, 7) is 8.66. The van der Waals surface area contributed by atoms with E-state index < -0.39 is 0 Å². The van der Waals surface area contributed by atoms with Gasteiger partial charge in [0, 0.05) is 59.6 Å². The molecule has 2 aliphatic heterocycles. The molecule has 0 bridgehead atoms. The van der Waals surface area contributed by atoms with Crippen LogP contribution >= 0.6 is 24.0 Å². The molecule has 0 spiro atoms. The van der Waals surface area contributed by atoms with Gasteiger partial charge in [0.1, 0.15) is 0 Å². The third-order valence-corrected chi connectivity index (χ3v) is 5.42. The standard InChI is InChI=1S/C22H36N4O3.HI/c1-23-22(24-9-4-12-29-21-7-13-27-14-8-21)25-17-19-5-2-3-6-20(19)18-26-10-15-28-16-11-26;/h2-3,5-6,21H,4,7-18H2,1H3,(H2,23,24,25);1H. The summed E-state index contributed by atoms with van der Waals surface area (Å²) in [7, 11) is 1.81. The molecule has 2 N–H and O–H groups in total. The van der Waals surface area contributed by atoms with Crippen LogP contribution in [-0.2, 0) is 27.3 Å². The molecular weight excluding hydrogens is 495 g/mol. The van der Waals surface area contributed by atoms with Gasteiger partial charge in [-0.2, -0.15) is 0 Å². The van der Waals surface area contributed by atoms with Crippen LogP contribution in [0.25, 0.3) is 0 Å². The van der Waals surface area contributed by atoms with Crippen LogP contribution in [0.5, 0.6) is 0 Å². The second kappa shape index (κ2) is 15.0. The number of aliphatic imine (C=N–C) groups is 1. The fourth-order valence-electron chi connectivity index (χ4n) is 3.66. The minimum atomic E-state index is 0. The Bertz CT molecular complexity index is 620. The molecule has 0 atom stereocenters. The van der Waals surface area contributed by atoms with Gasteiger partial charge < -0.3 is 24.8 Å². The zero-order valence-corrected chi connectivity index (χ0v) is 20.4. The minimum Gasteiger partial charge on any atom is -0.381 e. The van der Waals surface area contributed by atoms with Crippen LogP contribution < -0.4 is 10.6 Å². The number of ether oxygens (including phenoxy) is 3. The molecule has 0 saturated carbocycles. The van der Waals surface area contributed by atoms with Crippen LogP contribution in [0.4, 0.5) is 0 Å². The zero-order chi connectivity index (χ0) is 20.2. The zero-order valence-electron chi connectivity index (χ0n) is 18.1. The second-order valence-corrected chi connectivity index (χ2v) is 7.55. The average molecular weight is 532 g/mol. The van der Waals surface area contributed by atoms with Gasteiger partial charge in [0.25, 0.3) is 0 Å². The van der Waals surface area contributed by atoms with Gasteiger partial charge >= 0.3 is 0 Å². The predicted molar refractivity (Wildman–Crippen MR) is 131 cm³/mol. The van der Waals surface area contributed by atoms with Gasteiger partial charge in [-0.15, -0.1) is 24.0 Å². The molecule has 30 heavy (non-hydrogen) atoms. The van der Waals surface area contributed by atoms with E-state index in [0.29, 0.717) is 6.10 Å². The molecule has 7 nitrogen and oxygen atoms in total. The summed E-state index contributed by atoms with van der Waals surface area (Å²) in [6, 6.07) is 8.63.